The van der Waals surface area contributed by atoms with Crippen LogP contribution in [-0.2, 0) is 4.79 Å². The number of amides is 3. The molecule has 0 aromatic carbocycles. The van der Waals surface area contributed by atoms with Crippen molar-refractivity contribution in [3.63, 3.8) is 0 Å². The van der Waals surface area contributed by atoms with Gasteiger partial charge in [-0.1, -0.05) is 37.5 Å². The summed E-state index contributed by atoms with van der Waals surface area (Å²) in [6, 6.07) is 1.69. The van der Waals surface area contributed by atoms with Gasteiger partial charge in [0.05, 0.1) is 25.4 Å². The number of nitriles is 1. The van der Waals surface area contributed by atoms with E-state index in [2.05, 4.69) is 16.1 Å². The molecule has 8 heteroatoms. The van der Waals surface area contributed by atoms with Crippen molar-refractivity contribution >= 4 is 40.4 Å². The number of nitrogens with zero attached hydrogens (tertiary/aromatic N) is 5. The van der Waals surface area contributed by atoms with Crippen molar-refractivity contribution in [2.75, 3.05) is 19.3 Å². The minimum absolute atomic E-state index is 0.0643. The highest BCUT2D eigenvalue weighted by molar-refractivity contribution is 8.14. The van der Waals surface area contributed by atoms with Crippen LogP contribution in [0.25, 0.3) is 0 Å². The average molecular weight is 334 g/mol. The average Bonchev–Trinajstić information content (AvgIpc) is 2.53. The van der Waals surface area contributed by atoms with Gasteiger partial charge in [-0.05, 0) is 6.42 Å². The summed E-state index contributed by atoms with van der Waals surface area (Å²) in [5.41, 5.74) is 0. The predicted molar refractivity (Wildman–Crippen MR) is 89.9 cm³/mol. The first-order valence-corrected chi connectivity index (χ1v) is 8.53. The fraction of sp³-hybridized carbons (Fsp3) is 0.600. The molecule has 3 amide bonds. The number of thioether (sulfide) groups is 1. The van der Waals surface area contributed by atoms with E-state index in [1.165, 1.54) is 18.8 Å². The molecule has 7 nitrogen and oxygen atoms in total. The van der Waals surface area contributed by atoms with E-state index in [9.17, 15) is 9.59 Å². The van der Waals surface area contributed by atoms with Crippen LogP contribution < -0.4 is 0 Å². The van der Waals surface area contributed by atoms with E-state index in [1.807, 2.05) is 20.8 Å². The van der Waals surface area contributed by atoms with Gasteiger partial charge in [-0.2, -0.15) is 14.7 Å². The van der Waals surface area contributed by atoms with Crippen molar-refractivity contribution < 1.29 is 14.2 Å². The number of carbonyl (C=O) groups is 2. The third kappa shape index (κ3) is 3.20. The maximum absolute atomic E-state index is 12.6. The van der Waals surface area contributed by atoms with Crippen molar-refractivity contribution in [1.29, 1.82) is 5.26 Å². The number of rotatable bonds is 4. The topological polar surface area (TPSA) is 88.9 Å². The molecular weight excluding hydrogens is 314 g/mol. The standard InChI is InChI=1S/C15H20N5O2S/c1-5-7-20-12-10(14(21)19(4)15(20)22)13(23-8-6-16)18-11(17-12)9(2)3/h9-10H,5,7-8H2,1-4H3/q+1. The Hall–Kier alpha value is -2.01. The second-order valence-electron chi connectivity index (χ2n) is 5.64. The molecule has 2 aliphatic rings. The van der Waals surface area contributed by atoms with Crippen LogP contribution in [0.4, 0.5) is 4.79 Å². The first-order chi connectivity index (χ1) is 10.9. The minimum Gasteiger partial charge on any atom is -0.255 e. The van der Waals surface area contributed by atoms with Crippen molar-refractivity contribution in [3.05, 3.63) is 0 Å². The second-order valence-corrected chi connectivity index (χ2v) is 6.64. The van der Waals surface area contributed by atoms with Gasteiger partial charge in [-0.25, -0.2) is 9.79 Å². The third-order valence-corrected chi connectivity index (χ3v) is 4.48. The van der Waals surface area contributed by atoms with E-state index >= 15 is 0 Å². The number of hydrogen-bond donors (Lipinski definition) is 0. The lowest BCUT2D eigenvalue weighted by atomic mass is 10.0. The van der Waals surface area contributed by atoms with Crippen LogP contribution in [0.3, 0.4) is 0 Å². The maximum Gasteiger partial charge on any atom is 0.445 e. The highest BCUT2D eigenvalue weighted by Gasteiger charge is 2.50. The molecule has 2 heterocycles. The number of urea groups is 1. The van der Waals surface area contributed by atoms with Crippen molar-refractivity contribution in [2.45, 2.75) is 27.2 Å². The molecule has 0 aromatic rings. The van der Waals surface area contributed by atoms with Crippen LogP contribution in [0.5, 0.6) is 0 Å². The van der Waals surface area contributed by atoms with E-state index in [-0.39, 0.29) is 23.6 Å². The Morgan fingerprint density at radius 1 is 1.39 bits per heavy atom. The number of carbonyl (C=O) groups excluding carboxylic acids is 2. The Morgan fingerprint density at radius 3 is 2.65 bits per heavy atom. The molecule has 0 bridgehead atoms. The summed E-state index contributed by atoms with van der Waals surface area (Å²) >= 11 is 1.23. The second kappa shape index (κ2) is 7.04. The number of fused-ring (bicyclic) bond motifs is 1. The quantitative estimate of drug-likeness (QED) is 0.733. The number of imide groups is 1. The predicted octanol–water partition coefficient (Wildman–Crippen LogP) is 1.74. The van der Waals surface area contributed by atoms with Gasteiger partial charge >= 0.3 is 11.9 Å². The Balaban J connectivity index is 2.61. The molecule has 0 aromatic heterocycles. The smallest absolute Gasteiger partial charge is 0.255 e. The summed E-state index contributed by atoms with van der Waals surface area (Å²) < 4.78 is 1.55. The molecule has 122 valence electrons. The highest BCUT2D eigenvalue weighted by Crippen LogP contribution is 2.26. The van der Waals surface area contributed by atoms with Crippen LogP contribution in [-0.4, -0.2) is 57.5 Å². The van der Waals surface area contributed by atoms with Gasteiger partial charge in [0, 0.05) is 5.92 Å². The van der Waals surface area contributed by atoms with Crippen LogP contribution in [0.1, 0.15) is 27.2 Å². The lowest BCUT2D eigenvalue weighted by Gasteiger charge is -2.27. The largest absolute Gasteiger partial charge is 0.445 e. The summed E-state index contributed by atoms with van der Waals surface area (Å²) in [5.74, 6) is 0.266. The molecule has 2 aliphatic heterocycles. The van der Waals surface area contributed by atoms with E-state index in [4.69, 9.17) is 5.26 Å². The number of aliphatic imine (C=N–C) groups is 2. The fourth-order valence-corrected chi connectivity index (χ4v) is 3.15. The van der Waals surface area contributed by atoms with Gasteiger partial charge < -0.3 is 0 Å². The van der Waals surface area contributed by atoms with Gasteiger partial charge in [0.25, 0.3) is 5.84 Å². The molecule has 23 heavy (non-hydrogen) atoms. The summed E-state index contributed by atoms with van der Waals surface area (Å²) in [5, 5.41) is 9.39. The van der Waals surface area contributed by atoms with Gasteiger partial charge in [-0.3, -0.25) is 4.79 Å². The monoisotopic (exact) mass is 334 g/mol. The first-order valence-electron chi connectivity index (χ1n) is 7.55. The van der Waals surface area contributed by atoms with E-state index < -0.39 is 5.92 Å². The number of hydrogen-bond acceptors (Lipinski definition) is 6. The van der Waals surface area contributed by atoms with Crippen LogP contribution in [0.15, 0.2) is 9.98 Å². The molecule has 1 unspecified atom stereocenters. The molecule has 0 spiro atoms. The van der Waals surface area contributed by atoms with Crippen LogP contribution in [0.2, 0.25) is 0 Å². The Labute approximate surface area is 139 Å². The Morgan fingerprint density at radius 2 is 2.09 bits per heavy atom. The zero-order chi connectivity index (χ0) is 17.1. The highest BCUT2D eigenvalue weighted by atomic mass is 32.2. The van der Waals surface area contributed by atoms with Gasteiger partial charge in [0.1, 0.15) is 5.04 Å². The lowest BCUT2D eigenvalue weighted by Crippen LogP contribution is -2.56. The van der Waals surface area contributed by atoms with E-state index in [0.717, 1.165) is 11.3 Å². The van der Waals surface area contributed by atoms with Crippen molar-refractivity contribution in [1.82, 2.24) is 4.90 Å². The molecule has 0 saturated heterocycles. The summed E-state index contributed by atoms with van der Waals surface area (Å²) in [7, 11) is 1.47. The molecule has 0 radical (unpaired) electrons. The number of amidine groups is 2. The van der Waals surface area contributed by atoms with E-state index in [1.54, 1.807) is 4.58 Å². The van der Waals surface area contributed by atoms with Gasteiger partial charge in [0.2, 0.25) is 5.84 Å². The molecule has 0 fully saturated rings. The molecule has 1 atom stereocenters. The summed E-state index contributed by atoms with van der Waals surface area (Å²) in [4.78, 5) is 35.1. The van der Waals surface area contributed by atoms with Crippen LogP contribution >= 0.6 is 11.8 Å². The fourth-order valence-electron chi connectivity index (χ4n) is 2.41. The molecule has 2 rings (SSSR count). The Kier molecular flexibility index (Phi) is 5.31. The van der Waals surface area contributed by atoms with Gasteiger partial charge in [-0.15, -0.1) is 0 Å². The summed E-state index contributed by atoms with van der Waals surface area (Å²) in [6.45, 7) is 6.37. The molecular formula is C15H20N5O2S+. The normalized spacial score (nSPS) is 21.2. The SMILES string of the molecule is CCC[N+]1=C2N=C(C(C)C)N=C(SCC#N)C2C(=O)N(C)C1=O. The summed E-state index contributed by atoms with van der Waals surface area (Å²) in [6.07, 6.45) is 0.758. The third-order valence-electron chi connectivity index (χ3n) is 3.58. The molecule has 0 saturated carbocycles. The van der Waals surface area contributed by atoms with Crippen molar-refractivity contribution in [3.8, 4) is 6.07 Å². The van der Waals surface area contributed by atoms with Crippen molar-refractivity contribution in [2.24, 2.45) is 21.8 Å². The zero-order valence-electron chi connectivity index (χ0n) is 13.7. The van der Waals surface area contributed by atoms with Crippen LogP contribution in [0, 0.1) is 23.2 Å². The first kappa shape index (κ1) is 17.3. The lowest BCUT2D eigenvalue weighted by molar-refractivity contribution is -0.440. The molecule has 0 N–H and O–H groups in total. The Bertz CT molecular complexity index is 672. The van der Waals surface area contributed by atoms with Gasteiger partial charge in [0.15, 0.2) is 5.92 Å². The molecule has 0 aliphatic carbocycles. The maximum atomic E-state index is 12.6. The zero-order valence-corrected chi connectivity index (χ0v) is 14.6. The van der Waals surface area contributed by atoms with E-state index in [0.29, 0.717) is 23.3 Å². The minimum atomic E-state index is -0.690.